The lowest BCUT2D eigenvalue weighted by Crippen LogP contribution is -2.30. The van der Waals surface area contributed by atoms with Crippen LogP contribution in [0.5, 0.6) is 0 Å². The molecule has 1 aromatic heterocycles. The van der Waals surface area contributed by atoms with Crippen LogP contribution in [-0.2, 0) is 11.2 Å². The fourth-order valence-electron chi connectivity index (χ4n) is 3.73. The van der Waals surface area contributed by atoms with E-state index in [0.717, 1.165) is 34.0 Å². The largest absolute Gasteiger partial charge is 0.333 e. The fraction of sp³-hybridized carbons (Fsp3) is 0.167. The van der Waals surface area contributed by atoms with Crippen molar-refractivity contribution < 1.29 is 9.59 Å². The van der Waals surface area contributed by atoms with E-state index >= 15 is 0 Å². The van der Waals surface area contributed by atoms with E-state index in [1.807, 2.05) is 19.9 Å². The molecule has 0 aliphatic carbocycles. The normalized spacial score (nSPS) is 15.2. The van der Waals surface area contributed by atoms with Gasteiger partial charge in [-0.1, -0.05) is 30.7 Å². The Bertz CT molecular complexity index is 1160. The lowest BCUT2D eigenvalue weighted by Gasteiger charge is -2.11. The van der Waals surface area contributed by atoms with Crippen molar-refractivity contribution in [1.82, 2.24) is 9.88 Å². The molecule has 4 rings (SSSR count). The smallest absolute Gasteiger partial charge is 0.318 e. The summed E-state index contributed by atoms with van der Waals surface area (Å²) in [5.41, 5.74) is 6.00. The first-order valence-corrected chi connectivity index (χ1v) is 10.2. The molecule has 1 saturated heterocycles. The third-order valence-corrected chi connectivity index (χ3v) is 5.59. The van der Waals surface area contributed by atoms with E-state index in [-0.39, 0.29) is 11.6 Å². The summed E-state index contributed by atoms with van der Waals surface area (Å²) >= 11 is 5.91. The molecule has 0 unspecified atom stereocenters. The first kappa shape index (κ1) is 20.0. The summed E-state index contributed by atoms with van der Waals surface area (Å²) in [6.07, 6.45) is 2.72. The predicted octanol–water partition coefficient (Wildman–Crippen LogP) is 5.41. The number of amides is 3. The molecule has 0 spiro atoms. The molecular weight excluding hydrogens is 398 g/mol. The maximum Gasteiger partial charge on any atom is 0.333 e. The van der Waals surface area contributed by atoms with Crippen molar-refractivity contribution in [3.8, 4) is 5.69 Å². The van der Waals surface area contributed by atoms with Gasteiger partial charge in [0.15, 0.2) is 0 Å². The van der Waals surface area contributed by atoms with Crippen molar-refractivity contribution in [2.24, 2.45) is 0 Å². The number of hydrogen-bond acceptors (Lipinski definition) is 2. The van der Waals surface area contributed by atoms with Gasteiger partial charge in [-0.05, 0) is 79.9 Å². The Labute approximate surface area is 180 Å². The maximum atomic E-state index is 12.9. The van der Waals surface area contributed by atoms with Crippen molar-refractivity contribution in [1.29, 1.82) is 0 Å². The standard InChI is InChI=1S/C24H22ClN3O2/c1-4-17-5-9-20(10-6-17)27-15(2)13-18(16(27)3)14-22-23(29)28(24(30)26-22)21-11-7-19(25)8-12-21/h5-14H,4H2,1-3H3,(H,26,30)/b22-14+. The zero-order valence-corrected chi connectivity index (χ0v) is 17.8. The lowest BCUT2D eigenvalue weighted by atomic mass is 10.1. The molecule has 3 aromatic rings. The molecule has 1 N–H and O–H groups in total. The van der Waals surface area contributed by atoms with Crippen molar-refractivity contribution in [3.05, 3.63) is 87.8 Å². The number of rotatable bonds is 4. The summed E-state index contributed by atoms with van der Waals surface area (Å²) < 4.78 is 2.14. The highest BCUT2D eigenvalue weighted by Crippen LogP contribution is 2.27. The highest BCUT2D eigenvalue weighted by molar-refractivity contribution is 6.31. The summed E-state index contributed by atoms with van der Waals surface area (Å²) in [4.78, 5) is 26.4. The van der Waals surface area contributed by atoms with Crippen LogP contribution in [0, 0.1) is 13.8 Å². The summed E-state index contributed by atoms with van der Waals surface area (Å²) in [6, 6.07) is 16.6. The summed E-state index contributed by atoms with van der Waals surface area (Å²) in [5.74, 6) is -0.389. The number of urea groups is 1. The molecule has 0 radical (unpaired) electrons. The molecular formula is C24H22ClN3O2. The van der Waals surface area contributed by atoms with Gasteiger partial charge in [-0.25, -0.2) is 9.69 Å². The third-order valence-electron chi connectivity index (χ3n) is 5.34. The molecule has 2 aromatic carbocycles. The van der Waals surface area contributed by atoms with Crippen molar-refractivity contribution in [2.75, 3.05) is 4.90 Å². The fourth-order valence-corrected chi connectivity index (χ4v) is 3.85. The van der Waals surface area contributed by atoms with Crippen molar-refractivity contribution >= 4 is 35.3 Å². The van der Waals surface area contributed by atoms with E-state index < -0.39 is 6.03 Å². The van der Waals surface area contributed by atoms with Gasteiger partial charge in [-0.3, -0.25) is 4.79 Å². The number of aryl methyl sites for hydroxylation is 2. The second-order valence-electron chi connectivity index (χ2n) is 7.29. The van der Waals surface area contributed by atoms with Crippen LogP contribution in [-0.4, -0.2) is 16.5 Å². The van der Waals surface area contributed by atoms with Gasteiger partial charge < -0.3 is 9.88 Å². The Kier molecular flexibility index (Phi) is 5.22. The minimum absolute atomic E-state index is 0.247. The topological polar surface area (TPSA) is 54.3 Å². The molecule has 152 valence electrons. The molecule has 5 nitrogen and oxygen atoms in total. The molecule has 1 aliphatic heterocycles. The predicted molar refractivity (Wildman–Crippen MR) is 120 cm³/mol. The molecule has 3 amide bonds. The number of aromatic nitrogens is 1. The van der Waals surface area contributed by atoms with Crippen LogP contribution in [0.25, 0.3) is 11.8 Å². The molecule has 1 fully saturated rings. The first-order valence-electron chi connectivity index (χ1n) is 9.80. The van der Waals surface area contributed by atoms with Crippen LogP contribution in [0.3, 0.4) is 0 Å². The molecule has 0 bridgehead atoms. The van der Waals surface area contributed by atoms with Crippen LogP contribution < -0.4 is 10.2 Å². The van der Waals surface area contributed by atoms with E-state index in [2.05, 4.69) is 41.1 Å². The quantitative estimate of drug-likeness (QED) is 0.454. The summed E-state index contributed by atoms with van der Waals surface area (Å²) in [6.45, 7) is 6.16. The SMILES string of the molecule is CCc1ccc(-n2c(C)cc(/C=C3/NC(=O)N(c4ccc(Cl)cc4)C3=O)c2C)cc1. The van der Waals surface area contributed by atoms with Crippen LogP contribution in [0.2, 0.25) is 5.02 Å². The number of hydrogen-bond donors (Lipinski definition) is 1. The van der Waals surface area contributed by atoms with Gasteiger partial charge in [-0.15, -0.1) is 0 Å². The van der Waals surface area contributed by atoms with Crippen LogP contribution >= 0.6 is 11.6 Å². The molecule has 6 heteroatoms. The zero-order valence-electron chi connectivity index (χ0n) is 17.1. The highest BCUT2D eigenvalue weighted by Gasteiger charge is 2.35. The van der Waals surface area contributed by atoms with E-state index in [1.165, 1.54) is 5.56 Å². The highest BCUT2D eigenvalue weighted by atomic mass is 35.5. The molecule has 2 heterocycles. The Morgan fingerprint density at radius 3 is 2.23 bits per heavy atom. The average molecular weight is 420 g/mol. The maximum absolute atomic E-state index is 12.9. The Hall–Kier alpha value is -3.31. The number of benzene rings is 2. The van der Waals surface area contributed by atoms with Gasteiger partial charge in [0.1, 0.15) is 5.70 Å². The van der Waals surface area contributed by atoms with Crippen LogP contribution in [0.4, 0.5) is 10.5 Å². The van der Waals surface area contributed by atoms with Gasteiger partial charge in [0, 0.05) is 22.1 Å². The van der Waals surface area contributed by atoms with Crippen molar-refractivity contribution in [3.63, 3.8) is 0 Å². The number of anilines is 1. The van der Waals surface area contributed by atoms with E-state index in [9.17, 15) is 9.59 Å². The first-order chi connectivity index (χ1) is 14.4. The Balaban J connectivity index is 1.67. The van der Waals surface area contributed by atoms with E-state index in [1.54, 1.807) is 30.3 Å². The summed E-state index contributed by atoms with van der Waals surface area (Å²) in [5, 5.41) is 3.22. The average Bonchev–Trinajstić information content (AvgIpc) is 3.17. The summed E-state index contributed by atoms with van der Waals surface area (Å²) in [7, 11) is 0. The number of nitrogens with one attached hydrogen (secondary N) is 1. The van der Waals surface area contributed by atoms with E-state index in [4.69, 9.17) is 11.6 Å². The van der Waals surface area contributed by atoms with Gasteiger partial charge in [0.25, 0.3) is 5.91 Å². The second kappa shape index (κ2) is 7.84. The van der Waals surface area contributed by atoms with Crippen LogP contribution in [0.1, 0.15) is 29.4 Å². The number of carbonyl (C=O) groups is 2. The van der Waals surface area contributed by atoms with Gasteiger partial charge in [-0.2, -0.15) is 0 Å². The van der Waals surface area contributed by atoms with E-state index in [0.29, 0.717) is 10.7 Å². The number of nitrogens with zero attached hydrogens (tertiary/aromatic N) is 2. The van der Waals surface area contributed by atoms with Gasteiger partial charge in [0.05, 0.1) is 5.69 Å². The molecule has 1 aliphatic rings. The lowest BCUT2D eigenvalue weighted by molar-refractivity contribution is -0.113. The molecule has 0 atom stereocenters. The Morgan fingerprint density at radius 2 is 1.60 bits per heavy atom. The third kappa shape index (κ3) is 3.53. The number of imide groups is 1. The minimum Gasteiger partial charge on any atom is -0.318 e. The van der Waals surface area contributed by atoms with Gasteiger partial charge in [0.2, 0.25) is 0 Å². The van der Waals surface area contributed by atoms with Gasteiger partial charge >= 0.3 is 6.03 Å². The monoisotopic (exact) mass is 419 g/mol. The van der Waals surface area contributed by atoms with Crippen molar-refractivity contribution in [2.45, 2.75) is 27.2 Å². The zero-order chi connectivity index (χ0) is 21.4. The second-order valence-corrected chi connectivity index (χ2v) is 7.72. The van der Waals surface area contributed by atoms with Crippen LogP contribution in [0.15, 0.2) is 60.3 Å². The number of halogens is 1. The minimum atomic E-state index is -0.475. The Morgan fingerprint density at radius 1 is 0.967 bits per heavy atom. The molecule has 30 heavy (non-hydrogen) atoms. The number of carbonyl (C=O) groups excluding carboxylic acids is 2. The molecule has 0 saturated carbocycles.